The van der Waals surface area contributed by atoms with Crippen molar-refractivity contribution in [2.75, 3.05) is 7.05 Å². The van der Waals surface area contributed by atoms with Crippen LogP contribution in [0.2, 0.25) is 0 Å². The maximum atomic E-state index is 12.6. The first-order valence-corrected chi connectivity index (χ1v) is 10.2. The van der Waals surface area contributed by atoms with Crippen molar-refractivity contribution >= 4 is 27.3 Å². The van der Waals surface area contributed by atoms with Gasteiger partial charge in [0.25, 0.3) is 0 Å². The van der Waals surface area contributed by atoms with Gasteiger partial charge >= 0.3 is 0 Å². The Kier molecular flexibility index (Phi) is 5.03. The number of nitrogens with one attached hydrogen (secondary N) is 2. The zero-order valence-electron chi connectivity index (χ0n) is 13.4. The van der Waals surface area contributed by atoms with Crippen LogP contribution in [-0.4, -0.2) is 21.4 Å². The highest BCUT2D eigenvalue weighted by Gasteiger charge is 2.26. The second-order valence-electron chi connectivity index (χ2n) is 5.79. The minimum atomic E-state index is -3.42. The molecule has 0 radical (unpaired) electrons. The Bertz CT molecular complexity index is 843. The Morgan fingerprint density at radius 1 is 1.25 bits per heavy atom. The first-order valence-electron chi connectivity index (χ1n) is 7.89. The number of hydrogen-bond acceptors (Lipinski definition) is 4. The fourth-order valence-corrected chi connectivity index (χ4v) is 5.16. The van der Waals surface area contributed by atoms with Crippen molar-refractivity contribution in [2.24, 2.45) is 0 Å². The van der Waals surface area contributed by atoms with E-state index in [1.54, 1.807) is 12.1 Å². The molecular weight excluding hydrogens is 344 g/mol. The summed E-state index contributed by atoms with van der Waals surface area (Å²) in [5.74, 6) is -0.107. The Balaban J connectivity index is 1.67. The molecule has 0 bridgehead atoms. The molecule has 1 heterocycles. The van der Waals surface area contributed by atoms with Gasteiger partial charge in [-0.15, -0.1) is 11.3 Å². The smallest absolute Gasteiger partial charge is 0.249 e. The molecule has 0 spiro atoms. The van der Waals surface area contributed by atoms with Crippen molar-refractivity contribution in [3.63, 3.8) is 0 Å². The second-order valence-corrected chi connectivity index (χ2v) is 9.07. The molecule has 1 unspecified atom stereocenters. The van der Waals surface area contributed by atoms with Crippen LogP contribution in [0, 0.1) is 0 Å². The van der Waals surface area contributed by atoms with E-state index in [4.69, 9.17) is 0 Å². The van der Waals surface area contributed by atoms with Crippen molar-refractivity contribution in [3.05, 3.63) is 52.4 Å². The molecule has 128 valence electrons. The molecular formula is C17H20N2O3S2. The van der Waals surface area contributed by atoms with E-state index in [1.807, 2.05) is 18.2 Å². The highest BCUT2D eigenvalue weighted by atomic mass is 32.2. The number of fused-ring (bicyclic) bond motifs is 1. The van der Waals surface area contributed by atoms with Crippen LogP contribution >= 0.6 is 11.3 Å². The maximum Gasteiger partial charge on any atom is 0.249 e. The summed E-state index contributed by atoms with van der Waals surface area (Å²) in [6.07, 6.45) is 2.89. The lowest BCUT2D eigenvalue weighted by atomic mass is 9.82. The van der Waals surface area contributed by atoms with Crippen LogP contribution in [0.3, 0.4) is 0 Å². The van der Waals surface area contributed by atoms with Gasteiger partial charge in [-0.3, -0.25) is 4.79 Å². The summed E-state index contributed by atoms with van der Waals surface area (Å²) in [5, 5.41) is 2.95. The van der Waals surface area contributed by atoms with Crippen LogP contribution < -0.4 is 10.0 Å². The van der Waals surface area contributed by atoms with Crippen LogP contribution in [-0.2, 0) is 27.8 Å². The minimum absolute atomic E-state index is 0.00794. The first-order chi connectivity index (χ1) is 11.5. The summed E-state index contributed by atoms with van der Waals surface area (Å²) in [6, 6.07) is 11.4. The normalized spacial score (nSPS) is 17.3. The zero-order valence-corrected chi connectivity index (χ0v) is 15.0. The van der Waals surface area contributed by atoms with E-state index in [2.05, 4.69) is 16.1 Å². The number of rotatable bonds is 5. The fraction of sp³-hybridized carbons (Fsp3) is 0.353. The number of aryl methyl sites for hydroxylation is 1. The van der Waals surface area contributed by atoms with E-state index in [0.717, 1.165) is 29.7 Å². The van der Waals surface area contributed by atoms with Gasteiger partial charge in [0.05, 0.1) is 12.5 Å². The average Bonchev–Trinajstić information content (AvgIpc) is 3.09. The largest absolute Gasteiger partial charge is 0.351 e. The number of thiophene rings is 1. The van der Waals surface area contributed by atoms with Crippen LogP contribution in [0.15, 0.2) is 40.6 Å². The van der Waals surface area contributed by atoms with E-state index in [9.17, 15) is 13.2 Å². The molecule has 5 nitrogen and oxygen atoms in total. The third-order valence-electron chi connectivity index (χ3n) is 4.29. The average molecular weight is 364 g/mol. The highest BCUT2D eigenvalue weighted by Crippen LogP contribution is 2.31. The molecule has 1 aliphatic carbocycles. The van der Waals surface area contributed by atoms with Crippen molar-refractivity contribution < 1.29 is 13.2 Å². The SMILES string of the molecule is CNS(=O)(=O)c1ccc(CNC(=O)C2CCCc3ccccc32)s1. The van der Waals surface area contributed by atoms with Crippen molar-refractivity contribution in [1.82, 2.24) is 10.0 Å². The van der Waals surface area contributed by atoms with Gasteiger partial charge in [0.2, 0.25) is 15.9 Å². The Morgan fingerprint density at radius 3 is 2.83 bits per heavy atom. The summed E-state index contributed by atoms with van der Waals surface area (Å²) in [5.41, 5.74) is 2.37. The van der Waals surface area contributed by atoms with Crippen LogP contribution in [0.1, 0.15) is 34.8 Å². The van der Waals surface area contributed by atoms with Crippen LogP contribution in [0.4, 0.5) is 0 Å². The van der Waals surface area contributed by atoms with E-state index >= 15 is 0 Å². The third-order valence-corrected chi connectivity index (χ3v) is 7.28. The topological polar surface area (TPSA) is 75.3 Å². The highest BCUT2D eigenvalue weighted by molar-refractivity contribution is 7.91. The number of carbonyl (C=O) groups is 1. The Morgan fingerprint density at radius 2 is 2.04 bits per heavy atom. The lowest BCUT2D eigenvalue weighted by molar-refractivity contribution is -0.123. The Hall–Kier alpha value is -1.70. The van der Waals surface area contributed by atoms with Gasteiger partial charge in [0.1, 0.15) is 4.21 Å². The summed E-state index contributed by atoms with van der Waals surface area (Å²) < 4.78 is 26.1. The fourth-order valence-electron chi connectivity index (χ4n) is 3.02. The molecule has 7 heteroatoms. The standard InChI is InChI=1S/C17H20N2O3S2/c1-18-24(21,22)16-10-9-13(23-16)11-19-17(20)15-8-4-6-12-5-2-3-7-14(12)15/h2-3,5,7,9-10,15,18H,4,6,8,11H2,1H3,(H,19,20). The molecule has 1 amide bonds. The van der Waals surface area contributed by atoms with E-state index < -0.39 is 10.0 Å². The third kappa shape index (κ3) is 3.53. The molecule has 0 fully saturated rings. The summed E-state index contributed by atoms with van der Waals surface area (Å²) in [6.45, 7) is 0.349. The van der Waals surface area contributed by atoms with Gasteiger partial charge in [-0.05, 0) is 49.6 Å². The predicted molar refractivity (Wildman–Crippen MR) is 94.5 cm³/mol. The van der Waals surface area contributed by atoms with Gasteiger partial charge in [-0.25, -0.2) is 13.1 Å². The minimum Gasteiger partial charge on any atom is -0.351 e. The second kappa shape index (κ2) is 7.04. The van der Waals surface area contributed by atoms with Gasteiger partial charge in [0.15, 0.2) is 0 Å². The summed E-state index contributed by atoms with van der Waals surface area (Å²) in [7, 11) is -2.03. The molecule has 0 saturated heterocycles. The van der Waals surface area contributed by atoms with Crippen molar-refractivity contribution in [1.29, 1.82) is 0 Å². The van der Waals surface area contributed by atoms with Gasteiger partial charge in [-0.1, -0.05) is 24.3 Å². The first kappa shape index (κ1) is 17.1. The summed E-state index contributed by atoms with van der Waals surface area (Å²) in [4.78, 5) is 13.4. The van der Waals surface area contributed by atoms with Crippen molar-refractivity contribution in [2.45, 2.75) is 35.9 Å². The van der Waals surface area contributed by atoms with E-state index in [0.29, 0.717) is 6.54 Å². The molecule has 2 N–H and O–H groups in total. The number of sulfonamides is 1. The molecule has 0 saturated carbocycles. The quantitative estimate of drug-likeness (QED) is 0.855. The molecule has 1 aromatic heterocycles. The monoisotopic (exact) mass is 364 g/mol. The Labute approximate surface area is 146 Å². The molecule has 0 aliphatic heterocycles. The maximum absolute atomic E-state index is 12.6. The molecule has 24 heavy (non-hydrogen) atoms. The lowest BCUT2D eigenvalue weighted by Crippen LogP contribution is -2.30. The number of carbonyl (C=O) groups excluding carboxylic acids is 1. The summed E-state index contributed by atoms with van der Waals surface area (Å²) >= 11 is 1.17. The number of hydrogen-bond donors (Lipinski definition) is 2. The van der Waals surface area contributed by atoms with Gasteiger partial charge in [0, 0.05) is 4.88 Å². The molecule has 1 aromatic carbocycles. The lowest BCUT2D eigenvalue weighted by Gasteiger charge is -2.24. The van der Waals surface area contributed by atoms with Crippen LogP contribution in [0.25, 0.3) is 0 Å². The van der Waals surface area contributed by atoms with Crippen molar-refractivity contribution in [3.8, 4) is 0 Å². The molecule has 2 aromatic rings. The van der Waals surface area contributed by atoms with Crippen LogP contribution in [0.5, 0.6) is 0 Å². The number of amides is 1. The van der Waals surface area contributed by atoms with Gasteiger partial charge < -0.3 is 5.32 Å². The van der Waals surface area contributed by atoms with Gasteiger partial charge in [-0.2, -0.15) is 0 Å². The van der Waals surface area contributed by atoms with E-state index in [1.165, 1.54) is 23.9 Å². The zero-order chi connectivity index (χ0) is 17.2. The predicted octanol–water partition coefficient (Wildman–Crippen LogP) is 2.39. The molecule has 3 rings (SSSR count). The number of benzene rings is 1. The van der Waals surface area contributed by atoms with E-state index in [-0.39, 0.29) is 16.0 Å². The molecule has 1 atom stereocenters. The molecule has 1 aliphatic rings.